The minimum Gasteiger partial charge on any atom is -0.486 e. The van der Waals surface area contributed by atoms with Crippen molar-refractivity contribution in [2.45, 2.75) is 26.5 Å². The highest BCUT2D eigenvalue weighted by Crippen LogP contribution is 2.25. The number of fused-ring (bicyclic) bond motifs is 1. The van der Waals surface area contributed by atoms with Crippen molar-refractivity contribution in [2.75, 3.05) is 20.2 Å². The van der Waals surface area contributed by atoms with E-state index in [2.05, 4.69) is 4.98 Å². The van der Waals surface area contributed by atoms with Crippen molar-refractivity contribution in [3.05, 3.63) is 93.2 Å². The largest absolute Gasteiger partial charge is 0.486 e. The summed E-state index contributed by atoms with van der Waals surface area (Å²) in [5.41, 5.74) is 2.60. The van der Waals surface area contributed by atoms with Crippen molar-refractivity contribution in [1.29, 1.82) is 0 Å². The minimum atomic E-state index is -0.589. The van der Waals surface area contributed by atoms with Crippen LogP contribution in [0.4, 0.5) is 0 Å². The Hall–Kier alpha value is -3.94. The summed E-state index contributed by atoms with van der Waals surface area (Å²) in [6.45, 7) is 2.99. The third-order valence-corrected chi connectivity index (χ3v) is 5.75. The van der Waals surface area contributed by atoms with Crippen molar-refractivity contribution in [3.8, 4) is 5.75 Å². The third kappa shape index (κ3) is 4.64. The Morgan fingerprint density at radius 1 is 1.06 bits per heavy atom. The van der Waals surface area contributed by atoms with Crippen LogP contribution in [0.25, 0.3) is 0 Å². The monoisotopic (exact) mass is 447 g/mol. The van der Waals surface area contributed by atoms with E-state index in [4.69, 9.17) is 9.47 Å². The van der Waals surface area contributed by atoms with Crippen molar-refractivity contribution >= 4 is 11.9 Å². The summed E-state index contributed by atoms with van der Waals surface area (Å²) in [5, 5.41) is 0. The standard InChI is InChI=1S/C25H25N3O5/c1-17-7-3-4-9-19(17)24(30)27-12-10-20-23(25(31)32-2)21(15-22(29)28(20)14-13-27)33-16-18-8-5-6-11-26-18/h3-9,11,15H,10,12-14,16H2,1-2H3. The maximum Gasteiger partial charge on any atom is 0.343 e. The number of hydrogen-bond acceptors (Lipinski definition) is 6. The molecule has 3 aromatic rings. The summed E-state index contributed by atoms with van der Waals surface area (Å²) >= 11 is 0. The van der Waals surface area contributed by atoms with E-state index in [1.165, 1.54) is 17.7 Å². The zero-order valence-corrected chi connectivity index (χ0v) is 18.6. The summed E-state index contributed by atoms with van der Waals surface area (Å²) in [4.78, 5) is 44.7. The van der Waals surface area contributed by atoms with Crippen LogP contribution in [0.1, 0.15) is 37.7 Å². The number of hydrogen-bond donors (Lipinski definition) is 0. The summed E-state index contributed by atoms with van der Waals surface area (Å²) in [7, 11) is 1.29. The van der Waals surface area contributed by atoms with E-state index in [1.54, 1.807) is 29.3 Å². The average molecular weight is 447 g/mol. The molecule has 0 bridgehead atoms. The van der Waals surface area contributed by atoms with E-state index < -0.39 is 5.97 Å². The van der Waals surface area contributed by atoms with Gasteiger partial charge in [0.05, 0.1) is 12.8 Å². The smallest absolute Gasteiger partial charge is 0.343 e. The molecular weight excluding hydrogens is 422 g/mol. The Kier molecular flexibility index (Phi) is 6.53. The van der Waals surface area contributed by atoms with Gasteiger partial charge in [0.15, 0.2) is 0 Å². The number of carbonyl (C=O) groups is 2. The molecule has 0 atom stereocenters. The van der Waals surface area contributed by atoms with Crippen LogP contribution in [0.3, 0.4) is 0 Å². The van der Waals surface area contributed by atoms with Crippen molar-refractivity contribution in [2.24, 2.45) is 0 Å². The number of ether oxygens (including phenoxy) is 2. The zero-order chi connectivity index (χ0) is 23.4. The van der Waals surface area contributed by atoms with Crippen LogP contribution in [-0.2, 0) is 24.3 Å². The average Bonchev–Trinajstić information content (AvgIpc) is 3.06. The van der Waals surface area contributed by atoms with Crippen LogP contribution in [0, 0.1) is 6.92 Å². The van der Waals surface area contributed by atoms with Crippen LogP contribution >= 0.6 is 0 Å². The number of benzene rings is 1. The quantitative estimate of drug-likeness (QED) is 0.559. The lowest BCUT2D eigenvalue weighted by molar-refractivity contribution is 0.0592. The van der Waals surface area contributed by atoms with Crippen LogP contribution in [0.15, 0.2) is 59.5 Å². The fourth-order valence-corrected chi connectivity index (χ4v) is 4.01. The second-order valence-electron chi connectivity index (χ2n) is 7.78. The Balaban J connectivity index is 1.65. The van der Waals surface area contributed by atoms with Gasteiger partial charge in [0.25, 0.3) is 11.5 Å². The molecule has 0 spiro atoms. The topological polar surface area (TPSA) is 90.7 Å². The van der Waals surface area contributed by atoms with Gasteiger partial charge in [-0.25, -0.2) is 4.79 Å². The van der Waals surface area contributed by atoms with Gasteiger partial charge in [-0.1, -0.05) is 24.3 Å². The lowest BCUT2D eigenvalue weighted by Crippen LogP contribution is -2.34. The molecular formula is C25H25N3O5. The van der Waals surface area contributed by atoms with E-state index in [0.29, 0.717) is 36.5 Å². The molecule has 1 aromatic carbocycles. The first-order chi connectivity index (χ1) is 16.0. The van der Waals surface area contributed by atoms with Gasteiger partial charge in [-0.2, -0.15) is 0 Å². The highest BCUT2D eigenvalue weighted by Gasteiger charge is 2.28. The van der Waals surface area contributed by atoms with Crippen LogP contribution in [-0.4, -0.2) is 46.5 Å². The van der Waals surface area contributed by atoms with Crippen LogP contribution < -0.4 is 10.3 Å². The number of esters is 1. The first kappa shape index (κ1) is 22.3. The molecule has 8 heteroatoms. The maximum absolute atomic E-state index is 13.1. The second-order valence-corrected chi connectivity index (χ2v) is 7.78. The van der Waals surface area contributed by atoms with Gasteiger partial charge in [0, 0.05) is 49.6 Å². The van der Waals surface area contributed by atoms with E-state index >= 15 is 0 Å². The molecule has 0 radical (unpaired) electrons. The number of pyridine rings is 2. The fraction of sp³-hybridized carbons (Fsp3) is 0.280. The number of aryl methyl sites for hydroxylation is 1. The zero-order valence-electron chi connectivity index (χ0n) is 18.6. The van der Waals surface area contributed by atoms with E-state index in [9.17, 15) is 14.4 Å². The van der Waals surface area contributed by atoms with Gasteiger partial charge in [-0.15, -0.1) is 0 Å². The number of carbonyl (C=O) groups excluding carboxylic acids is 2. The van der Waals surface area contributed by atoms with Gasteiger partial charge in [-0.05, 0) is 30.7 Å². The van der Waals surface area contributed by atoms with Crippen LogP contribution in [0.2, 0.25) is 0 Å². The molecule has 170 valence electrons. The van der Waals surface area contributed by atoms with Gasteiger partial charge in [-0.3, -0.25) is 14.6 Å². The summed E-state index contributed by atoms with van der Waals surface area (Å²) in [6.07, 6.45) is 1.96. The summed E-state index contributed by atoms with van der Waals surface area (Å²) in [5.74, 6) is -0.531. The lowest BCUT2D eigenvalue weighted by atomic mass is 10.1. The predicted octanol–water partition coefficient (Wildman–Crippen LogP) is 2.62. The third-order valence-electron chi connectivity index (χ3n) is 5.75. The van der Waals surface area contributed by atoms with E-state index in [0.717, 1.165) is 5.56 Å². The molecule has 4 rings (SSSR count). The lowest BCUT2D eigenvalue weighted by Gasteiger charge is -2.21. The van der Waals surface area contributed by atoms with Gasteiger partial charge >= 0.3 is 5.97 Å². The number of aromatic nitrogens is 2. The van der Waals surface area contributed by atoms with E-state index in [-0.39, 0.29) is 35.9 Å². The molecule has 0 saturated heterocycles. The minimum absolute atomic E-state index is 0.0970. The SMILES string of the molecule is COC(=O)c1c(OCc2ccccn2)cc(=O)n2c1CCN(C(=O)c1ccccc1C)CC2. The number of methoxy groups -OCH3 is 1. The molecule has 8 nitrogen and oxygen atoms in total. The Morgan fingerprint density at radius 2 is 1.85 bits per heavy atom. The molecule has 1 amide bonds. The summed E-state index contributed by atoms with van der Waals surface area (Å²) in [6, 6.07) is 14.1. The van der Waals surface area contributed by atoms with Gasteiger partial charge < -0.3 is 18.9 Å². The van der Waals surface area contributed by atoms with Crippen molar-refractivity contribution in [3.63, 3.8) is 0 Å². The number of nitrogens with zero attached hydrogens (tertiary/aromatic N) is 3. The first-order valence-electron chi connectivity index (χ1n) is 10.7. The number of rotatable bonds is 5. The van der Waals surface area contributed by atoms with Gasteiger partial charge in [0.2, 0.25) is 0 Å². The molecule has 33 heavy (non-hydrogen) atoms. The molecule has 0 aliphatic carbocycles. The molecule has 0 fully saturated rings. The van der Waals surface area contributed by atoms with Crippen molar-refractivity contribution in [1.82, 2.24) is 14.5 Å². The molecule has 0 N–H and O–H groups in total. The second kappa shape index (κ2) is 9.68. The van der Waals surface area contributed by atoms with Crippen molar-refractivity contribution < 1.29 is 19.1 Å². The van der Waals surface area contributed by atoms with Gasteiger partial charge in [0.1, 0.15) is 17.9 Å². The molecule has 3 heterocycles. The molecule has 0 unspecified atom stereocenters. The first-order valence-corrected chi connectivity index (χ1v) is 10.7. The number of amides is 1. The fourth-order valence-electron chi connectivity index (χ4n) is 4.01. The summed E-state index contributed by atoms with van der Waals surface area (Å²) < 4.78 is 12.4. The Labute approximate surface area is 191 Å². The normalized spacial score (nSPS) is 13.1. The van der Waals surface area contributed by atoms with E-state index in [1.807, 2.05) is 31.2 Å². The van der Waals surface area contributed by atoms with Crippen LogP contribution in [0.5, 0.6) is 5.75 Å². The predicted molar refractivity (Wildman–Crippen MR) is 121 cm³/mol. The highest BCUT2D eigenvalue weighted by molar-refractivity contribution is 5.96. The molecule has 0 saturated carbocycles. The maximum atomic E-state index is 13.1. The molecule has 1 aliphatic rings. The molecule has 2 aromatic heterocycles. The molecule has 1 aliphatic heterocycles. The highest BCUT2D eigenvalue weighted by atomic mass is 16.5. The Bertz CT molecular complexity index is 1240. The Morgan fingerprint density at radius 3 is 2.58 bits per heavy atom.